The average molecular weight is 379 g/mol. The molecule has 0 spiro atoms. The first-order chi connectivity index (χ1) is 12.9. The van der Waals surface area contributed by atoms with Crippen LogP contribution in [-0.4, -0.2) is 35.6 Å². The number of rotatable bonds is 4. The van der Waals surface area contributed by atoms with Crippen LogP contribution in [0.4, 0.5) is 23.7 Å². The Morgan fingerprint density at radius 2 is 1.81 bits per heavy atom. The number of benzene rings is 1. The van der Waals surface area contributed by atoms with Crippen LogP contribution in [0.1, 0.15) is 18.5 Å². The molecule has 1 aromatic heterocycles. The monoisotopic (exact) mass is 379 g/mol. The largest absolute Gasteiger partial charge is 0.477 e. The molecule has 8 heteroatoms. The molecule has 0 saturated carbocycles. The Morgan fingerprint density at radius 1 is 1.11 bits per heavy atom. The van der Waals surface area contributed by atoms with Crippen LogP contribution in [0.3, 0.4) is 0 Å². The second-order valence-electron chi connectivity index (χ2n) is 6.40. The minimum absolute atomic E-state index is 0.0333. The molecule has 5 nitrogen and oxygen atoms in total. The molecule has 1 fully saturated rings. The second-order valence-corrected chi connectivity index (χ2v) is 6.40. The number of likely N-dealkylation sites (tertiary alicyclic amines) is 1. The van der Waals surface area contributed by atoms with Crippen molar-refractivity contribution in [3.63, 3.8) is 0 Å². The van der Waals surface area contributed by atoms with Gasteiger partial charge in [0.05, 0.1) is 6.61 Å². The summed E-state index contributed by atoms with van der Waals surface area (Å²) in [5.74, 6) is 0.135. The zero-order valence-electron chi connectivity index (χ0n) is 14.6. The Kier molecular flexibility index (Phi) is 5.83. The van der Waals surface area contributed by atoms with E-state index in [4.69, 9.17) is 4.74 Å². The van der Waals surface area contributed by atoms with Gasteiger partial charge in [-0.25, -0.2) is 9.78 Å². The fourth-order valence-electron chi connectivity index (χ4n) is 2.88. The summed E-state index contributed by atoms with van der Waals surface area (Å²) in [7, 11) is 0. The molecule has 0 radical (unpaired) electrons. The van der Waals surface area contributed by atoms with Gasteiger partial charge in [-0.2, -0.15) is 13.2 Å². The van der Waals surface area contributed by atoms with Crippen LogP contribution < -0.4 is 10.1 Å². The number of carbonyl (C=O) groups is 1. The van der Waals surface area contributed by atoms with Crippen molar-refractivity contribution in [2.24, 2.45) is 5.92 Å². The van der Waals surface area contributed by atoms with Crippen LogP contribution in [0.15, 0.2) is 48.5 Å². The Labute approximate surface area is 155 Å². The Balaban J connectivity index is 1.45. The summed E-state index contributed by atoms with van der Waals surface area (Å²) in [4.78, 5) is 17.5. The minimum Gasteiger partial charge on any atom is -0.477 e. The number of aromatic nitrogens is 1. The highest BCUT2D eigenvalue weighted by molar-refractivity contribution is 5.89. The summed E-state index contributed by atoms with van der Waals surface area (Å²) in [5, 5.41) is 2.84. The van der Waals surface area contributed by atoms with Crippen LogP contribution in [-0.2, 0) is 6.18 Å². The molecule has 2 aromatic rings. The van der Waals surface area contributed by atoms with Gasteiger partial charge in [0.2, 0.25) is 5.88 Å². The number of hydrogen-bond acceptors (Lipinski definition) is 3. The first-order valence-corrected chi connectivity index (χ1v) is 8.70. The summed E-state index contributed by atoms with van der Waals surface area (Å²) < 4.78 is 43.5. The summed E-state index contributed by atoms with van der Waals surface area (Å²) >= 11 is 0. The van der Waals surface area contributed by atoms with Crippen LogP contribution in [0.5, 0.6) is 5.88 Å². The van der Waals surface area contributed by atoms with Gasteiger partial charge in [-0.15, -0.1) is 0 Å². The average Bonchev–Trinajstić information content (AvgIpc) is 2.67. The molecule has 1 saturated heterocycles. The number of hydrogen-bond donors (Lipinski definition) is 1. The molecule has 2 amide bonds. The third-order valence-electron chi connectivity index (χ3n) is 4.41. The molecular weight excluding hydrogens is 359 g/mol. The quantitative estimate of drug-likeness (QED) is 0.855. The summed E-state index contributed by atoms with van der Waals surface area (Å²) in [6.07, 6.45) is -3.04. The predicted octanol–water partition coefficient (Wildman–Crippen LogP) is 4.42. The minimum atomic E-state index is -4.49. The van der Waals surface area contributed by atoms with Gasteiger partial charge in [0.25, 0.3) is 0 Å². The van der Waals surface area contributed by atoms with E-state index in [-0.39, 0.29) is 24.4 Å². The number of anilines is 1. The number of amides is 2. The molecule has 0 aliphatic carbocycles. The Hall–Kier alpha value is -2.77. The van der Waals surface area contributed by atoms with E-state index in [2.05, 4.69) is 10.3 Å². The second kappa shape index (κ2) is 8.28. The maximum atomic E-state index is 12.7. The van der Waals surface area contributed by atoms with E-state index < -0.39 is 11.9 Å². The predicted molar refractivity (Wildman–Crippen MR) is 94.5 cm³/mol. The van der Waals surface area contributed by atoms with Crippen molar-refractivity contribution in [2.75, 3.05) is 25.0 Å². The number of para-hydroxylation sites is 1. The first kappa shape index (κ1) is 19.0. The van der Waals surface area contributed by atoms with Crippen molar-refractivity contribution >= 4 is 11.7 Å². The number of alkyl halides is 3. The molecular formula is C19H20F3N3O2. The van der Waals surface area contributed by atoms with E-state index in [1.165, 1.54) is 12.1 Å². The summed E-state index contributed by atoms with van der Waals surface area (Å²) in [6.45, 7) is 1.42. The van der Waals surface area contributed by atoms with Gasteiger partial charge in [-0.3, -0.25) is 0 Å². The van der Waals surface area contributed by atoms with Crippen molar-refractivity contribution in [3.8, 4) is 5.88 Å². The molecule has 3 rings (SSSR count). The lowest BCUT2D eigenvalue weighted by Gasteiger charge is -2.31. The van der Waals surface area contributed by atoms with Crippen LogP contribution in [0.25, 0.3) is 0 Å². The number of urea groups is 1. The molecule has 27 heavy (non-hydrogen) atoms. The highest BCUT2D eigenvalue weighted by Gasteiger charge is 2.32. The van der Waals surface area contributed by atoms with Crippen molar-refractivity contribution in [3.05, 3.63) is 54.2 Å². The Morgan fingerprint density at radius 3 is 2.48 bits per heavy atom. The van der Waals surface area contributed by atoms with Crippen LogP contribution in [0.2, 0.25) is 0 Å². The summed E-state index contributed by atoms with van der Waals surface area (Å²) in [6, 6.07) is 12.7. The molecule has 144 valence electrons. The molecule has 0 atom stereocenters. The van der Waals surface area contributed by atoms with Crippen molar-refractivity contribution in [1.29, 1.82) is 0 Å². The topological polar surface area (TPSA) is 54.5 Å². The van der Waals surface area contributed by atoms with E-state index >= 15 is 0 Å². The summed E-state index contributed by atoms with van der Waals surface area (Å²) in [5.41, 5.74) is -0.226. The van der Waals surface area contributed by atoms with Gasteiger partial charge < -0.3 is 15.0 Å². The smallest absolute Gasteiger partial charge is 0.433 e. The SMILES string of the molecule is O=C(Nc1ccccc1)N1CCC(COc2cccc(C(F)(F)F)n2)CC1. The molecule has 1 aliphatic rings. The highest BCUT2D eigenvalue weighted by atomic mass is 19.4. The Bertz CT molecular complexity index is 760. The lowest BCUT2D eigenvalue weighted by Crippen LogP contribution is -2.42. The van der Waals surface area contributed by atoms with Crippen LogP contribution >= 0.6 is 0 Å². The number of halogens is 3. The number of pyridine rings is 1. The van der Waals surface area contributed by atoms with E-state index in [0.717, 1.165) is 24.6 Å². The molecule has 1 aliphatic heterocycles. The molecule has 0 unspecified atom stereocenters. The third kappa shape index (κ3) is 5.35. The van der Waals surface area contributed by atoms with E-state index in [1.54, 1.807) is 4.90 Å². The first-order valence-electron chi connectivity index (χ1n) is 8.70. The van der Waals surface area contributed by atoms with Gasteiger partial charge in [-0.1, -0.05) is 24.3 Å². The number of nitrogens with zero attached hydrogens (tertiary/aromatic N) is 2. The van der Waals surface area contributed by atoms with Crippen molar-refractivity contribution < 1.29 is 22.7 Å². The zero-order valence-corrected chi connectivity index (χ0v) is 14.6. The van der Waals surface area contributed by atoms with Gasteiger partial charge in [-0.05, 0) is 37.0 Å². The number of nitrogens with one attached hydrogen (secondary N) is 1. The normalized spacial score (nSPS) is 15.4. The highest BCUT2D eigenvalue weighted by Crippen LogP contribution is 2.29. The maximum Gasteiger partial charge on any atom is 0.433 e. The molecule has 0 bridgehead atoms. The fourth-order valence-corrected chi connectivity index (χ4v) is 2.88. The van der Waals surface area contributed by atoms with Crippen molar-refractivity contribution in [1.82, 2.24) is 9.88 Å². The van der Waals surface area contributed by atoms with Gasteiger partial charge >= 0.3 is 12.2 Å². The molecule has 1 N–H and O–H groups in total. The van der Waals surface area contributed by atoms with Gasteiger partial charge in [0, 0.05) is 24.8 Å². The lowest BCUT2D eigenvalue weighted by molar-refractivity contribution is -0.141. The van der Waals surface area contributed by atoms with E-state index in [9.17, 15) is 18.0 Å². The molecule has 2 heterocycles. The van der Waals surface area contributed by atoms with Gasteiger partial charge in [0.15, 0.2) is 0 Å². The third-order valence-corrected chi connectivity index (χ3v) is 4.41. The number of ether oxygens (including phenoxy) is 1. The van der Waals surface area contributed by atoms with Crippen LogP contribution in [0, 0.1) is 5.92 Å². The zero-order chi connectivity index (χ0) is 19.3. The standard InChI is InChI=1S/C19H20F3N3O2/c20-19(21,22)16-7-4-8-17(24-16)27-13-14-9-11-25(12-10-14)18(26)23-15-5-2-1-3-6-15/h1-8,14H,9-13H2,(H,23,26). The van der Waals surface area contributed by atoms with Gasteiger partial charge in [0.1, 0.15) is 5.69 Å². The fraction of sp³-hybridized carbons (Fsp3) is 0.368. The van der Waals surface area contributed by atoms with E-state index in [1.807, 2.05) is 30.3 Å². The maximum absolute atomic E-state index is 12.7. The lowest BCUT2D eigenvalue weighted by atomic mass is 9.98. The molecule has 1 aromatic carbocycles. The van der Waals surface area contributed by atoms with Crippen molar-refractivity contribution in [2.45, 2.75) is 19.0 Å². The number of carbonyl (C=O) groups excluding carboxylic acids is 1. The van der Waals surface area contributed by atoms with E-state index in [0.29, 0.717) is 13.1 Å². The number of piperidine rings is 1.